The Hall–Kier alpha value is -0.540. The summed E-state index contributed by atoms with van der Waals surface area (Å²) in [6.07, 6.45) is 1.22. The second-order valence-corrected chi connectivity index (χ2v) is 5.86. The van der Waals surface area contributed by atoms with Crippen molar-refractivity contribution in [2.45, 2.75) is 24.6 Å². The van der Waals surface area contributed by atoms with Crippen LogP contribution in [0.25, 0.3) is 0 Å². The van der Waals surface area contributed by atoms with E-state index in [1.807, 2.05) is 30.0 Å². The van der Waals surface area contributed by atoms with E-state index in [1.165, 1.54) is 12.2 Å². The first-order chi connectivity index (χ1) is 7.70. The molecule has 0 saturated carbocycles. The Morgan fingerprint density at radius 2 is 2.31 bits per heavy atom. The Morgan fingerprint density at radius 3 is 2.88 bits per heavy atom. The molecule has 2 nitrogen and oxygen atoms in total. The van der Waals surface area contributed by atoms with Gasteiger partial charge < -0.3 is 10.1 Å². The molecule has 1 aromatic rings. The molecule has 1 aliphatic rings. The third-order valence-electron chi connectivity index (χ3n) is 2.88. The van der Waals surface area contributed by atoms with Gasteiger partial charge in [0, 0.05) is 17.0 Å². The van der Waals surface area contributed by atoms with E-state index in [0.717, 1.165) is 11.4 Å². The molecule has 2 atom stereocenters. The predicted octanol–water partition coefficient (Wildman–Crippen LogP) is 3.65. The summed E-state index contributed by atoms with van der Waals surface area (Å²) >= 11 is 8.10. The molecule has 1 fully saturated rings. The van der Waals surface area contributed by atoms with Gasteiger partial charge in [-0.2, -0.15) is 11.8 Å². The van der Waals surface area contributed by atoms with E-state index < -0.39 is 0 Å². The van der Waals surface area contributed by atoms with E-state index in [1.54, 1.807) is 7.11 Å². The van der Waals surface area contributed by atoms with Crippen LogP contribution >= 0.6 is 23.4 Å². The monoisotopic (exact) mass is 257 g/mol. The number of anilines is 1. The summed E-state index contributed by atoms with van der Waals surface area (Å²) in [5.41, 5.74) is 1.07. The molecule has 16 heavy (non-hydrogen) atoms. The minimum atomic E-state index is 0.550. The van der Waals surface area contributed by atoms with Gasteiger partial charge in [0.15, 0.2) is 0 Å². The highest BCUT2D eigenvalue weighted by Crippen LogP contribution is 2.31. The van der Waals surface area contributed by atoms with Crippen molar-refractivity contribution < 1.29 is 4.74 Å². The fourth-order valence-electron chi connectivity index (χ4n) is 1.89. The van der Waals surface area contributed by atoms with Gasteiger partial charge in [-0.05, 0) is 30.4 Å². The fourth-order valence-corrected chi connectivity index (χ4v) is 3.35. The van der Waals surface area contributed by atoms with Crippen molar-refractivity contribution >= 4 is 29.1 Å². The summed E-state index contributed by atoms with van der Waals surface area (Å²) in [5, 5.41) is 4.85. The lowest BCUT2D eigenvalue weighted by Crippen LogP contribution is -2.24. The second kappa shape index (κ2) is 5.19. The average Bonchev–Trinajstić information content (AvgIpc) is 2.65. The van der Waals surface area contributed by atoms with Gasteiger partial charge >= 0.3 is 0 Å². The number of hydrogen-bond donors (Lipinski definition) is 1. The molecule has 0 aromatic heterocycles. The lowest BCUT2D eigenvalue weighted by atomic mass is 10.1. The van der Waals surface area contributed by atoms with Crippen molar-refractivity contribution in [3.05, 3.63) is 23.2 Å². The number of ether oxygens (including phenoxy) is 1. The average molecular weight is 258 g/mol. The quantitative estimate of drug-likeness (QED) is 0.893. The van der Waals surface area contributed by atoms with Crippen molar-refractivity contribution in [1.29, 1.82) is 0 Å². The van der Waals surface area contributed by atoms with Gasteiger partial charge in [-0.25, -0.2) is 0 Å². The van der Waals surface area contributed by atoms with Gasteiger partial charge in [0.2, 0.25) is 0 Å². The lowest BCUT2D eigenvalue weighted by Gasteiger charge is -2.18. The van der Waals surface area contributed by atoms with E-state index >= 15 is 0 Å². The maximum absolute atomic E-state index is 6.08. The number of methoxy groups -OCH3 is 1. The van der Waals surface area contributed by atoms with Gasteiger partial charge in [0.1, 0.15) is 5.75 Å². The van der Waals surface area contributed by atoms with Crippen LogP contribution in [0.5, 0.6) is 5.75 Å². The molecular formula is C12H16ClNOS. The summed E-state index contributed by atoms with van der Waals surface area (Å²) in [4.78, 5) is 0. The lowest BCUT2D eigenvalue weighted by molar-refractivity contribution is 0.415. The molecule has 1 aromatic carbocycles. The molecule has 88 valence electrons. The topological polar surface area (TPSA) is 21.3 Å². The van der Waals surface area contributed by atoms with Crippen LogP contribution < -0.4 is 10.1 Å². The highest BCUT2D eigenvalue weighted by Gasteiger charge is 2.23. The summed E-state index contributed by atoms with van der Waals surface area (Å²) in [7, 11) is 1.63. The number of hydrogen-bond acceptors (Lipinski definition) is 3. The number of thioether (sulfide) groups is 1. The van der Waals surface area contributed by atoms with Gasteiger partial charge in [-0.15, -0.1) is 0 Å². The highest BCUT2D eigenvalue weighted by molar-refractivity contribution is 8.00. The Bertz CT molecular complexity index is 372. The zero-order chi connectivity index (χ0) is 11.5. The number of nitrogens with one attached hydrogen (secondary N) is 1. The molecule has 0 aliphatic carbocycles. The van der Waals surface area contributed by atoms with Crippen LogP contribution in [0.4, 0.5) is 5.69 Å². The first-order valence-corrected chi connectivity index (χ1v) is 6.85. The summed E-state index contributed by atoms with van der Waals surface area (Å²) in [5.74, 6) is 1.96. The first kappa shape index (κ1) is 11.9. The summed E-state index contributed by atoms with van der Waals surface area (Å²) in [6.45, 7) is 2.26. The van der Waals surface area contributed by atoms with Crippen LogP contribution in [0, 0.1) is 0 Å². The maximum Gasteiger partial charge on any atom is 0.137 e. The zero-order valence-electron chi connectivity index (χ0n) is 9.50. The van der Waals surface area contributed by atoms with Gasteiger partial charge in [0.05, 0.1) is 12.1 Å². The SMILES string of the molecule is COc1ccc(NC2CCSC2C)cc1Cl. The van der Waals surface area contributed by atoms with Crippen molar-refractivity contribution in [1.82, 2.24) is 0 Å². The van der Waals surface area contributed by atoms with Crippen LogP contribution in [0.15, 0.2) is 18.2 Å². The molecule has 0 bridgehead atoms. The van der Waals surface area contributed by atoms with Crippen LogP contribution in [0.3, 0.4) is 0 Å². The molecule has 4 heteroatoms. The molecule has 0 radical (unpaired) electrons. The van der Waals surface area contributed by atoms with Gasteiger partial charge in [-0.3, -0.25) is 0 Å². The van der Waals surface area contributed by atoms with E-state index in [2.05, 4.69) is 12.2 Å². The third kappa shape index (κ3) is 2.58. The molecule has 0 amide bonds. The van der Waals surface area contributed by atoms with Crippen molar-refractivity contribution in [2.75, 3.05) is 18.2 Å². The Morgan fingerprint density at radius 1 is 1.50 bits per heavy atom. The van der Waals surface area contributed by atoms with Crippen molar-refractivity contribution in [2.24, 2.45) is 0 Å². The Kier molecular flexibility index (Phi) is 3.87. The minimum Gasteiger partial charge on any atom is -0.495 e. The number of rotatable bonds is 3. The van der Waals surface area contributed by atoms with E-state index in [9.17, 15) is 0 Å². The Labute approximate surface area is 106 Å². The standard InChI is InChI=1S/C12H16ClNOS/c1-8-11(5-6-16-8)14-9-3-4-12(15-2)10(13)7-9/h3-4,7-8,11,14H,5-6H2,1-2H3. The maximum atomic E-state index is 6.08. The van der Waals surface area contributed by atoms with Gasteiger partial charge in [-0.1, -0.05) is 18.5 Å². The van der Waals surface area contributed by atoms with Crippen LogP contribution in [-0.4, -0.2) is 24.2 Å². The predicted molar refractivity (Wildman–Crippen MR) is 72.0 cm³/mol. The van der Waals surface area contributed by atoms with Crippen LogP contribution in [-0.2, 0) is 0 Å². The normalized spacial score (nSPS) is 24.4. The molecule has 1 saturated heterocycles. The number of benzene rings is 1. The van der Waals surface area contributed by atoms with Crippen molar-refractivity contribution in [3.63, 3.8) is 0 Å². The van der Waals surface area contributed by atoms with Gasteiger partial charge in [0.25, 0.3) is 0 Å². The molecule has 0 spiro atoms. The highest BCUT2D eigenvalue weighted by atomic mass is 35.5. The smallest absolute Gasteiger partial charge is 0.137 e. The summed E-state index contributed by atoms with van der Waals surface area (Å²) in [6, 6.07) is 6.39. The first-order valence-electron chi connectivity index (χ1n) is 5.42. The molecule has 1 N–H and O–H groups in total. The molecular weight excluding hydrogens is 242 g/mol. The zero-order valence-corrected chi connectivity index (χ0v) is 11.1. The molecule has 1 heterocycles. The van der Waals surface area contributed by atoms with E-state index in [0.29, 0.717) is 16.3 Å². The van der Waals surface area contributed by atoms with E-state index in [-0.39, 0.29) is 0 Å². The second-order valence-electron chi connectivity index (χ2n) is 3.96. The fraction of sp³-hybridized carbons (Fsp3) is 0.500. The van der Waals surface area contributed by atoms with Crippen LogP contribution in [0.2, 0.25) is 5.02 Å². The third-order valence-corrected chi connectivity index (χ3v) is 4.50. The minimum absolute atomic E-state index is 0.550. The van der Waals surface area contributed by atoms with Crippen molar-refractivity contribution in [3.8, 4) is 5.75 Å². The largest absolute Gasteiger partial charge is 0.495 e. The van der Waals surface area contributed by atoms with Crippen LogP contribution in [0.1, 0.15) is 13.3 Å². The van der Waals surface area contributed by atoms with E-state index in [4.69, 9.17) is 16.3 Å². The molecule has 1 aliphatic heterocycles. The number of halogens is 1. The summed E-state index contributed by atoms with van der Waals surface area (Å²) < 4.78 is 5.13. The molecule has 2 unspecified atom stereocenters. The molecule has 2 rings (SSSR count). The Balaban J connectivity index is 2.07.